The minimum absolute atomic E-state index is 0.137. The molecule has 1 atom stereocenters. The molecule has 3 aromatic carbocycles. The number of nitrogens with zero attached hydrogens (tertiary/aromatic N) is 1. The molecule has 1 unspecified atom stereocenters. The van der Waals surface area contributed by atoms with Gasteiger partial charge in [-0.2, -0.15) is 0 Å². The van der Waals surface area contributed by atoms with Gasteiger partial charge >= 0.3 is 0 Å². The van der Waals surface area contributed by atoms with Crippen molar-refractivity contribution in [2.75, 3.05) is 38.2 Å². The van der Waals surface area contributed by atoms with E-state index in [1.54, 1.807) is 32.3 Å². The highest BCUT2D eigenvalue weighted by molar-refractivity contribution is 6.12. The van der Waals surface area contributed by atoms with Crippen LogP contribution in [0.2, 0.25) is 0 Å². The number of carbonyl (C=O) groups excluding carboxylic acids is 1. The van der Waals surface area contributed by atoms with E-state index in [2.05, 4.69) is 5.32 Å². The van der Waals surface area contributed by atoms with Gasteiger partial charge in [0.2, 0.25) is 0 Å². The molecule has 0 spiro atoms. The molecule has 0 fully saturated rings. The molecule has 4 rings (SSSR count). The molecule has 1 N–H and O–H groups in total. The van der Waals surface area contributed by atoms with Crippen molar-refractivity contribution in [3.05, 3.63) is 71.8 Å². The quantitative estimate of drug-likeness (QED) is 0.572. The van der Waals surface area contributed by atoms with Crippen LogP contribution in [0, 0.1) is 0 Å². The van der Waals surface area contributed by atoms with E-state index in [9.17, 15) is 4.79 Å². The number of anilines is 2. The minimum Gasteiger partial charge on any atom is -0.497 e. The summed E-state index contributed by atoms with van der Waals surface area (Å²) in [4.78, 5) is 15.4. The summed E-state index contributed by atoms with van der Waals surface area (Å²) in [5.74, 6) is 2.28. The van der Waals surface area contributed by atoms with Gasteiger partial charge in [0.1, 0.15) is 17.7 Å². The number of amides is 1. The van der Waals surface area contributed by atoms with Crippen LogP contribution in [0.1, 0.15) is 29.0 Å². The van der Waals surface area contributed by atoms with E-state index in [-0.39, 0.29) is 5.91 Å². The van der Waals surface area contributed by atoms with Gasteiger partial charge in [-0.15, -0.1) is 0 Å². The summed E-state index contributed by atoms with van der Waals surface area (Å²) in [6, 6.07) is 18.5. The summed E-state index contributed by atoms with van der Waals surface area (Å²) in [5, 5.41) is 3.50. The Balaban J connectivity index is 1.88. The Kier molecular flexibility index (Phi) is 6.07. The predicted octanol–water partition coefficient (Wildman–Crippen LogP) is 4.88. The summed E-state index contributed by atoms with van der Waals surface area (Å²) < 4.78 is 22.2. The SMILES string of the molecule is CCOc1cc(C2Nc3ccccc3C(=O)N2c2ccc(OC)cc2OC)ccc1OC. The van der Waals surface area contributed by atoms with Gasteiger partial charge in [-0.3, -0.25) is 9.69 Å². The molecule has 7 heteroatoms. The number of benzene rings is 3. The van der Waals surface area contributed by atoms with E-state index in [0.717, 1.165) is 11.3 Å². The van der Waals surface area contributed by atoms with Gasteiger partial charge in [-0.1, -0.05) is 18.2 Å². The van der Waals surface area contributed by atoms with Crippen molar-refractivity contribution in [2.45, 2.75) is 13.1 Å². The number of rotatable bonds is 7. The van der Waals surface area contributed by atoms with Gasteiger partial charge in [0.15, 0.2) is 11.5 Å². The van der Waals surface area contributed by atoms with Crippen LogP contribution in [0.4, 0.5) is 11.4 Å². The van der Waals surface area contributed by atoms with Crippen molar-refractivity contribution in [2.24, 2.45) is 0 Å². The highest BCUT2D eigenvalue weighted by atomic mass is 16.5. The number of carbonyl (C=O) groups is 1. The van der Waals surface area contributed by atoms with Gasteiger partial charge in [-0.25, -0.2) is 0 Å². The first-order valence-corrected chi connectivity index (χ1v) is 10.3. The molecule has 0 aromatic heterocycles. The largest absolute Gasteiger partial charge is 0.497 e. The lowest BCUT2D eigenvalue weighted by Crippen LogP contribution is -2.43. The number of ether oxygens (including phenoxy) is 4. The molecular weight excluding hydrogens is 408 g/mol. The van der Waals surface area contributed by atoms with E-state index in [1.807, 2.05) is 61.5 Å². The topological polar surface area (TPSA) is 69.3 Å². The lowest BCUT2D eigenvalue weighted by atomic mass is 10.0. The third-order valence-electron chi connectivity index (χ3n) is 5.38. The molecule has 7 nitrogen and oxygen atoms in total. The maximum Gasteiger partial charge on any atom is 0.262 e. The summed E-state index contributed by atoms with van der Waals surface area (Å²) in [7, 11) is 4.77. The molecule has 3 aromatic rings. The first-order valence-electron chi connectivity index (χ1n) is 10.3. The van der Waals surface area contributed by atoms with E-state index in [1.165, 1.54) is 0 Å². The Morgan fingerprint density at radius 1 is 0.875 bits per heavy atom. The average molecular weight is 434 g/mol. The van der Waals surface area contributed by atoms with Crippen LogP contribution in [0.3, 0.4) is 0 Å². The Morgan fingerprint density at radius 2 is 1.66 bits per heavy atom. The lowest BCUT2D eigenvalue weighted by molar-refractivity contribution is 0.0974. The number of hydrogen-bond acceptors (Lipinski definition) is 6. The molecule has 1 aliphatic heterocycles. The normalized spacial score (nSPS) is 14.9. The van der Waals surface area contributed by atoms with Crippen LogP contribution < -0.4 is 29.2 Å². The molecule has 0 radical (unpaired) electrons. The molecule has 0 aliphatic carbocycles. The fourth-order valence-electron chi connectivity index (χ4n) is 3.85. The van der Waals surface area contributed by atoms with Crippen molar-refractivity contribution in [1.82, 2.24) is 0 Å². The van der Waals surface area contributed by atoms with Crippen LogP contribution >= 0.6 is 0 Å². The third-order valence-corrected chi connectivity index (χ3v) is 5.38. The maximum absolute atomic E-state index is 13.7. The van der Waals surface area contributed by atoms with Crippen LogP contribution in [0.15, 0.2) is 60.7 Å². The first-order chi connectivity index (χ1) is 15.6. The summed E-state index contributed by atoms with van der Waals surface area (Å²) >= 11 is 0. The van der Waals surface area contributed by atoms with Gasteiger partial charge in [0.25, 0.3) is 5.91 Å². The maximum atomic E-state index is 13.7. The second-order valence-corrected chi connectivity index (χ2v) is 7.15. The summed E-state index contributed by atoms with van der Waals surface area (Å²) in [6.07, 6.45) is -0.496. The number of hydrogen-bond donors (Lipinski definition) is 1. The van der Waals surface area contributed by atoms with Crippen LogP contribution in [0.25, 0.3) is 0 Å². The van der Waals surface area contributed by atoms with Gasteiger partial charge in [0, 0.05) is 11.8 Å². The van der Waals surface area contributed by atoms with Crippen molar-refractivity contribution < 1.29 is 23.7 Å². The fourth-order valence-corrected chi connectivity index (χ4v) is 3.85. The first kappa shape index (κ1) is 21.4. The Labute approximate surface area is 187 Å². The summed E-state index contributed by atoms with van der Waals surface area (Å²) in [5.41, 5.74) is 2.81. The second-order valence-electron chi connectivity index (χ2n) is 7.15. The summed E-state index contributed by atoms with van der Waals surface area (Å²) in [6.45, 7) is 2.41. The Morgan fingerprint density at radius 3 is 2.38 bits per heavy atom. The fraction of sp³-hybridized carbons (Fsp3) is 0.240. The van der Waals surface area contributed by atoms with Crippen molar-refractivity contribution in [1.29, 1.82) is 0 Å². The lowest BCUT2D eigenvalue weighted by Gasteiger charge is -2.38. The molecule has 1 amide bonds. The number of methoxy groups -OCH3 is 3. The molecular formula is C25H26N2O5. The van der Waals surface area contributed by atoms with Gasteiger partial charge < -0.3 is 24.3 Å². The molecule has 1 heterocycles. The van der Waals surface area contributed by atoms with E-state index in [4.69, 9.17) is 18.9 Å². The zero-order chi connectivity index (χ0) is 22.7. The predicted molar refractivity (Wildman–Crippen MR) is 123 cm³/mol. The zero-order valence-electron chi connectivity index (χ0n) is 18.5. The van der Waals surface area contributed by atoms with Crippen molar-refractivity contribution in [3.63, 3.8) is 0 Å². The van der Waals surface area contributed by atoms with Gasteiger partial charge in [-0.05, 0) is 48.9 Å². The smallest absolute Gasteiger partial charge is 0.262 e. The van der Waals surface area contributed by atoms with Crippen LogP contribution in [-0.4, -0.2) is 33.8 Å². The Bertz CT molecular complexity index is 1130. The van der Waals surface area contributed by atoms with E-state index < -0.39 is 6.17 Å². The monoisotopic (exact) mass is 434 g/mol. The van der Waals surface area contributed by atoms with Crippen molar-refractivity contribution >= 4 is 17.3 Å². The average Bonchev–Trinajstić information content (AvgIpc) is 2.84. The third kappa shape index (κ3) is 3.77. The highest BCUT2D eigenvalue weighted by Gasteiger charge is 2.36. The number of nitrogens with one attached hydrogen (secondary N) is 1. The number of para-hydroxylation sites is 1. The van der Waals surface area contributed by atoms with Crippen LogP contribution in [-0.2, 0) is 0 Å². The number of fused-ring (bicyclic) bond motifs is 1. The van der Waals surface area contributed by atoms with E-state index in [0.29, 0.717) is 40.9 Å². The molecule has 0 saturated heterocycles. The molecule has 32 heavy (non-hydrogen) atoms. The zero-order valence-corrected chi connectivity index (χ0v) is 18.5. The standard InChI is InChI=1S/C25H26N2O5/c1-5-32-23-14-16(10-13-21(23)30-3)24-26-19-9-7-6-8-18(19)25(28)27(24)20-12-11-17(29-2)15-22(20)31-4/h6-15,24,26H,5H2,1-4H3. The highest BCUT2D eigenvalue weighted by Crippen LogP contribution is 2.43. The van der Waals surface area contributed by atoms with Gasteiger partial charge in [0.05, 0.1) is 39.2 Å². The second kappa shape index (κ2) is 9.09. The molecule has 1 aliphatic rings. The van der Waals surface area contributed by atoms with Crippen molar-refractivity contribution in [3.8, 4) is 23.0 Å². The molecule has 0 bridgehead atoms. The minimum atomic E-state index is -0.496. The molecule has 166 valence electrons. The molecule has 0 saturated carbocycles. The van der Waals surface area contributed by atoms with E-state index >= 15 is 0 Å². The Hall–Kier alpha value is -3.87. The van der Waals surface area contributed by atoms with Crippen LogP contribution in [0.5, 0.6) is 23.0 Å².